The number of aromatic nitrogens is 2. The van der Waals surface area contributed by atoms with Crippen LogP contribution >= 0.6 is 23.4 Å². The summed E-state index contributed by atoms with van der Waals surface area (Å²) in [6.45, 7) is 2.59. The minimum Gasteiger partial charge on any atom is -0.497 e. The molecule has 1 aromatic heterocycles. The van der Waals surface area contributed by atoms with E-state index in [-0.39, 0.29) is 11.3 Å². The number of hydrogen-bond acceptors (Lipinski definition) is 6. The molecular formula is C23H24ClN3O4S. The first-order chi connectivity index (χ1) is 15.4. The first kappa shape index (κ1) is 23.8. The number of halogens is 1. The molecule has 0 bridgehead atoms. The maximum Gasteiger partial charge on any atom is 0.262 e. The highest BCUT2D eigenvalue weighted by Gasteiger charge is 2.15. The molecule has 0 unspecified atom stereocenters. The second kappa shape index (κ2) is 11.2. The lowest BCUT2D eigenvalue weighted by Gasteiger charge is -2.13. The van der Waals surface area contributed by atoms with Crippen LogP contribution < -0.4 is 15.6 Å². The number of benzene rings is 2. The van der Waals surface area contributed by atoms with E-state index in [9.17, 15) is 14.4 Å². The van der Waals surface area contributed by atoms with Crippen LogP contribution in [0.5, 0.6) is 5.75 Å². The fourth-order valence-electron chi connectivity index (χ4n) is 3.11. The minimum absolute atomic E-state index is 0.0613. The fourth-order valence-corrected chi connectivity index (χ4v) is 4.10. The molecular weight excluding hydrogens is 450 g/mol. The van der Waals surface area contributed by atoms with Crippen LogP contribution in [0.1, 0.15) is 36.5 Å². The van der Waals surface area contributed by atoms with Crippen molar-refractivity contribution < 1.29 is 14.3 Å². The Kier molecular flexibility index (Phi) is 8.30. The summed E-state index contributed by atoms with van der Waals surface area (Å²) in [5.74, 6) is -0.422. The van der Waals surface area contributed by atoms with E-state index in [4.69, 9.17) is 16.3 Å². The van der Waals surface area contributed by atoms with Gasteiger partial charge in [0, 0.05) is 17.1 Å². The van der Waals surface area contributed by atoms with Gasteiger partial charge >= 0.3 is 0 Å². The highest BCUT2D eigenvalue weighted by molar-refractivity contribution is 7.99. The molecule has 3 aromatic rings. The van der Waals surface area contributed by atoms with E-state index in [1.807, 2.05) is 0 Å². The third-order valence-corrected chi connectivity index (χ3v) is 6.02. The second-order valence-corrected chi connectivity index (χ2v) is 8.49. The maximum atomic E-state index is 13.0. The number of fused-ring (bicyclic) bond motifs is 1. The molecule has 1 N–H and O–H groups in total. The van der Waals surface area contributed by atoms with Gasteiger partial charge < -0.3 is 4.74 Å². The summed E-state index contributed by atoms with van der Waals surface area (Å²) in [5.41, 5.74) is 0.658. The first-order valence-electron chi connectivity index (χ1n) is 10.2. The van der Waals surface area contributed by atoms with Crippen molar-refractivity contribution in [3.8, 4) is 5.75 Å². The molecule has 2 amide bonds. The van der Waals surface area contributed by atoms with Crippen molar-refractivity contribution in [3.05, 3.63) is 63.4 Å². The number of nitrogens with one attached hydrogen (secondary N) is 1. The molecule has 0 spiro atoms. The zero-order valence-corrected chi connectivity index (χ0v) is 19.5. The van der Waals surface area contributed by atoms with E-state index in [0.717, 1.165) is 31.0 Å². The molecule has 0 saturated heterocycles. The third kappa shape index (κ3) is 5.89. The van der Waals surface area contributed by atoms with Crippen LogP contribution in [0.4, 0.5) is 0 Å². The fraction of sp³-hybridized carbons (Fsp3) is 0.304. The van der Waals surface area contributed by atoms with Crippen molar-refractivity contribution in [3.63, 3.8) is 0 Å². The van der Waals surface area contributed by atoms with Crippen molar-refractivity contribution in [2.24, 2.45) is 0 Å². The van der Waals surface area contributed by atoms with Gasteiger partial charge in [-0.25, -0.2) is 4.98 Å². The van der Waals surface area contributed by atoms with Gasteiger partial charge in [0.2, 0.25) is 5.91 Å². The Morgan fingerprint density at radius 3 is 2.59 bits per heavy atom. The highest BCUT2D eigenvalue weighted by atomic mass is 35.5. The van der Waals surface area contributed by atoms with E-state index in [1.165, 1.54) is 7.11 Å². The quantitative estimate of drug-likeness (QED) is 0.283. The number of carbonyl (C=O) groups is 2. The van der Waals surface area contributed by atoms with Crippen molar-refractivity contribution in [2.45, 2.75) is 37.9 Å². The molecule has 0 fully saturated rings. The number of unbranched alkanes of at least 4 members (excludes halogenated alkanes) is 2. The van der Waals surface area contributed by atoms with E-state index >= 15 is 0 Å². The van der Waals surface area contributed by atoms with Crippen molar-refractivity contribution in [1.82, 2.24) is 14.9 Å². The lowest BCUT2D eigenvalue weighted by Crippen LogP contribution is -2.32. The van der Waals surface area contributed by atoms with Crippen molar-refractivity contribution in [2.75, 3.05) is 12.9 Å². The number of thioether (sulfide) groups is 1. The summed E-state index contributed by atoms with van der Waals surface area (Å²) in [7, 11) is 1.53. The number of carbonyl (C=O) groups excluding carboxylic acids is 2. The number of hydrogen-bond donors (Lipinski definition) is 1. The van der Waals surface area contributed by atoms with Gasteiger partial charge in [-0.1, -0.05) is 43.1 Å². The van der Waals surface area contributed by atoms with E-state index in [1.54, 1.807) is 47.0 Å². The van der Waals surface area contributed by atoms with Gasteiger partial charge in [0.1, 0.15) is 5.75 Å². The maximum absolute atomic E-state index is 13.0. The van der Waals surface area contributed by atoms with Crippen LogP contribution in [0.25, 0.3) is 10.9 Å². The number of methoxy groups -OCH3 is 1. The highest BCUT2D eigenvalue weighted by Crippen LogP contribution is 2.21. The molecule has 32 heavy (non-hydrogen) atoms. The number of rotatable bonds is 9. The van der Waals surface area contributed by atoms with Crippen LogP contribution in [0.2, 0.25) is 5.02 Å². The number of amides is 2. The number of nitrogens with zero attached hydrogens (tertiary/aromatic N) is 2. The molecule has 0 aliphatic rings. The van der Waals surface area contributed by atoms with E-state index in [2.05, 4.69) is 17.2 Å². The average molecular weight is 474 g/mol. The zero-order chi connectivity index (χ0) is 23.1. The summed E-state index contributed by atoms with van der Waals surface area (Å²) >= 11 is 7.18. The Morgan fingerprint density at radius 1 is 1.16 bits per heavy atom. The van der Waals surface area contributed by atoms with Crippen LogP contribution in [0.3, 0.4) is 0 Å². The van der Waals surface area contributed by atoms with E-state index < -0.39 is 11.8 Å². The largest absolute Gasteiger partial charge is 0.497 e. The topological polar surface area (TPSA) is 90.3 Å². The van der Waals surface area contributed by atoms with Gasteiger partial charge in [0.05, 0.1) is 23.8 Å². The van der Waals surface area contributed by atoms with Crippen LogP contribution in [0.15, 0.2) is 52.4 Å². The molecule has 0 radical (unpaired) electrons. The van der Waals surface area contributed by atoms with E-state index in [0.29, 0.717) is 38.9 Å². The molecule has 3 rings (SSSR count). The van der Waals surface area contributed by atoms with Crippen LogP contribution in [-0.2, 0) is 11.3 Å². The molecule has 0 aliphatic carbocycles. The molecule has 168 valence electrons. The Hall–Kier alpha value is -2.84. The average Bonchev–Trinajstić information content (AvgIpc) is 2.79. The molecule has 0 saturated carbocycles. The Morgan fingerprint density at radius 2 is 1.91 bits per heavy atom. The van der Waals surface area contributed by atoms with Crippen LogP contribution in [-0.4, -0.2) is 34.2 Å². The van der Waals surface area contributed by atoms with Crippen LogP contribution in [0, 0.1) is 0 Å². The second-order valence-electron chi connectivity index (χ2n) is 7.11. The summed E-state index contributed by atoms with van der Waals surface area (Å²) in [5, 5.41) is 3.74. The lowest BCUT2D eigenvalue weighted by molar-refractivity contribution is -0.117. The molecule has 9 heteroatoms. The third-order valence-electron chi connectivity index (χ3n) is 4.81. The van der Waals surface area contributed by atoms with Gasteiger partial charge in [-0.2, -0.15) is 0 Å². The monoisotopic (exact) mass is 473 g/mol. The Bertz CT molecular complexity index is 1180. The normalized spacial score (nSPS) is 10.8. The van der Waals surface area contributed by atoms with Gasteiger partial charge in [0.25, 0.3) is 11.5 Å². The molecule has 1 heterocycles. The van der Waals surface area contributed by atoms with Gasteiger partial charge in [-0.05, 0) is 48.9 Å². The SMILES string of the molecule is CCCCCn1c(SCC(=O)NC(=O)c2ccc(OC)cc2)nc2cc(Cl)ccc2c1=O. The summed E-state index contributed by atoms with van der Waals surface area (Å²) in [6, 6.07) is 11.4. The Labute approximate surface area is 195 Å². The smallest absolute Gasteiger partial charge is 0.262 e. The van der Waals surface area contributed by atoms with Crippen molar-refractivity contribution >= 4 is 46.1 Å². The zero-order valence-electron chi connectivity index (χ0n) is 17.9. The molecule has 0 atom stereocenters. The summed E-state index contributed by atoms with van der Waals surface area (Å²) in [4.78, 5) is 42.3. The lowest BCUT2D eigenvalue weighted by atomic mass is 10.2. The Balaban J connectivity index is 1.75. The number of imide groups is 1. The van der Waals surface area contributed by atoms with Gasteiger partial charge in [0.15, 0.2) is 5.16 Å². The summed E-state index contributed by atoms with van der Waals surface area (Å²) in [6.07, 6.45) is 2.82. The predicted molar refractivity (Wildman–Crippen MR) is 127 cm³/mol. The standard InChI is InChI=1S/C23H24ClN3O4S/c1-3-4-5-12-27-22(30)18-11-8-16(24)13-19(18)25-23(27)32-14-20(28)26-21(29)15-6-9-17(31-2)10-7-15/h6-11,13H,3-5,12,14H2,1-2H3,(H,26,28,29). The summed E-state index contributed by atoms with van der Waals surface area (Å²) < 4.78 is 6.66. The molecule has 2 aromatic carbocycles. The molecule has 0 aliphatic heterocycles. The van der Waals surface area contributed by atoms with Gasteiger partial charge in [-0.3, -0.25) is 24.3 Å². The first-order valence-corrected chi connectivity index (χ1v) is 11.6. The van der Waals surface area contributed by atoms with Crippen molar-refractivity contribution in [1.29, 1.82) is 0 Å². The molecule has 7 nitrogen and oxygen atoms in total. The predicted octanol–water partition coefficient (Wildman–Crippen LogP) is 4.30. The number of ether oxygens (including phenoxy) is 1. The van der Waals surface area contributed by atoms with Gasteiger partial charge in [-0.15, -0.1) is 0 Å². The minimum atomic E-state index is -0.503.